The maximum atomic E-state index is 12.1. The third-order valence-corrected chi connectivity index (χ3v) is 5.47. The summed E-state index contributed by atoms with van der Waals surface area (Å²) in [6, 6.07) is 0.524. The molecule has 0 radical (unpaired) electrons. The zero-order valence-corrected chi connectivity index (χ0v) is 15.2. The summed E-state index contributed by atoms with van der Waals surface area (Å²) in [6.45, 7) is 4.65. The number of fused-ring (bicyclic) bond motifs is 1. The lowest BCUT2D eigenvalue weighted by Gasteiger charge is -2.44. The molecule has 0 spiro atoms. The number of piperidine rings is 2. The van der Waals surface area contributed by atoms with E-state index in [0.717, 1.165) is 37.5 Å². The van der Waals surface area contributed by atoms with Crippen molar-refractivity contribution in [1.82, 2.24) is 14.5 Å². The van der Waals surface area contributed by atoms with Gasteiger partial charge in [-0.1, -0.05) is 10.9 Å². The molecule has 25 heavy (non-hydrogen) atoms. The average molecular weight is 368 g/mol. The van der Waals surface area contributed by atoms with E-state index in [9.17, 15) is 9.59 Å². The van der Waals surface area contributed by atoms with Crippen molar-refractivity contribution in [3.8, 4) is 0 Å². The van der Waals surface area contributed by atoms with Gasteiger partial charge in [-0.3, -0.25) is 10.2 Å². The van der Waals surface area contributed by atoms with E-state index in [4.69, 9.17) is 9.47 Å². The lowest BCUT2D eigenvalue weighted by molar-refractivity contribution is 0.0261. The summed E-state index contributed by atoms with van der Waals surface area (Å²) in [6.07, 6.45) is 5.35. The number of rotatable bonds is 5. The molecule has 8 nitrogen and oxygen atoms in total. The van der Waals surface area contributed by atoms with Crippen LogP contribution in [0.25, 0.3) is 0 Å². The molecule has 2 aliphatic heterocycles. The van der Waals surface area contributed by atoms with Crippen molar-refractivity contribution in [3.63, 3.8) is 0 Å². The number of anilines is 1. The Bertz CT molecular complexity index is 607. The molecule has 9 heteroatoms. The molecule has 2 aliphatic rings. The quantitative estimate of drug-likeness (QED) is 0.798. The van der Waals surface area contributed by atoms with E-state index in [1.54, 1.807) is 6.92 Å². The number of ether oxygens (including phenoxy) is 2. The molecule has 1 aromatic rings. The molecule has 2 fully saturated rings. The van der Waals surface area contributed by atoms with Crippen molar-refractivity contribution >= 4 is 28.6 Å². The molecule has 3 heterocycles. The SMILES string of the molecule is CCOC(=O)c1nnsc1NC(=O)OC[C@H]1CCCN2CCCC[C@H]12. The second-order valence-electron chi connectivity index (χ2n) is 6.40. The molecule has 2 saturated heterocycles. The first-order chi connectivity index (χ1) is 12.2. The smallest absolute Gasteiger partial charge is 0.412 e. The minimum Gasteiger partial charge on any atom is -0.461 e. The third-order valence-electron chi connectivity index (χ3n) is 4.83. The summed E-state index contributed by atoms with van der Waals surface area (Å²) < 4.78 is 14.0. The number of hydrogen-bond donors (Lipinski definition) is 1. The largest absolute Gasteiger partial charge is 0.461 e. The predicted molar refractivity (Wildman–Crippen MR) is 92.8 cm³/mol. The average Bonchev–Trinajstić information content (AvgIpc) is 3.08. The summed E-state index contributed by atoms with van der Waals surface area (Å²) in [5.41, 5.74) is 0.0138. The molecular formula is C16H24N4O4S. The van der Waals surface area contributed by atoms with Crippen LogP contribution in [0.1, 0.15) is 49.5 Å². The number of carbonyl (C=O) groups is 2. The summed E-state index contributed by atoms with van der Waals surface area (Å²) in [7, 11) is 0. The van der Waals surface area contributed by atoms with Crippen molar-refractivity contribution in [2.45, 2.75) is 45.1 Å². The van der Waals surface area contributed by atoms with Crippen LogP contribution in [-0.2, 0) is 9.47 Å². The maximum Gasteiger partial charge on any atom is 0.412 e. The summed E-state index contributed by atoms with van der Waals surface area (Å²) >= 11 is 0.930. The number of amides is 1. The molecule has 1 aromatic heterocycles. The first-order valence-electron chi connectivity index (χ1n) is 8.86. The molecule has 1 amide bonds. The fourth-order valence-corrected chi connectivity index (χ4v) is 4.23. The van der Waals surface area contributed by atoms with E-state index < -0.39 is 12.1 Å². The topological polar surface area (TPSA) is 93.7 Å². The van der Waals surface area contributed by atoms with Gasteiger partial charge in [-0.2, -0.15) is 0 Å². The Morgan fingerprint density at radius 3 is 2.92 bits per heavy atom. The second-order valence-corrected chi connectivity index (χ2v) is 7.15. The van der Waals surface area contributed by atoms with Gasteiger partial charge in [0.1, 0.15) is 0 Å². The van der Waals surface area contributed by atoms with Crippen molar-refractivity contribution in [2.24, 2.45) is 5.92 Å². The zero-order valence-electron chi connectivity index (χ0n) is 14.4. The summed E-state index contributed by atoms with van der Waals surface area (Å²) in [4.78, 5) is 26.4. The molecule has 0 saturated carbocycles. The molecule has 0 aliphatic carbocycles. The fraction of sp³-hybridized carbons (Fsp3) is 0.750. The third kappa shape index (κ3) is 4.46. The van der Waals surface area contributed by atoms with E-state index in [0.29, 0.717) is 18.6 Å². The van der Waals surface area contributed by atoms with Gasteiger partial charge in [0.05, 0.1) is 13.2 Å². The standard InChI is InChI=1S/C16H24N4O4S/c1-2-23-15(21)13-14(25-19-18-13)17-16(22)24-10-11-6-5-9-20-8-4-3-7-12(11)20/h11-12H,2-10H2,1H3,(H,17,22)/t11-,12-/m1/s1. The van der Waals surface area contributed by atoms with Crippen molar-refractivity contribution in [2.75, 3.05) is 31.6 Å². The highest BCUT2D eigenvalue weighted by Gasteiger charge is 2.33. The molecule has 0 bridgehead atoms. The molecular weight excluding hydrogens is 344 g/mol. The van der Waals surface area contributed by atoms with Crippen LogP contribution in [-0.4, -0.2) is 58.9 Å². The van der Waals surface area contributed by atoms with Gasteiger partial charge in [-0.05, 0) is 45.7 Å². The van der Waals surface area contributed by atoms with Gasteiger partial charge in [-0.25, -0.2) is 9.59 Å². The Morgan fingerprint density at radius 2 is 2.08 bits per heavy atom. The van der Waals surface area contributed by atoms with Crippen molar-refractivity contribution < 1.29 is 19.1 Å². The minimum absolute atomic E-state index is 0.0138. The molecule has 138 valence electrons. The normalized spacial score (nSPS) is 23.6. The van der Waals surface area contributed by atoms with Crippen LogP contribution in [0.5, 0.6) is 0 Å². The van der Waals surface area contributed by atoms with Gasteiger partial charge in [0.15, 0.2) is 5.00 Å². The number of aromatic nitrogens is 2. The van der Waals surface area contributed by atoms with Crippen molar-refractivity contribution in [3.05, 3.63) is 5.69 Å². The second kappa shape index (κ2) is 8.57. The Balaban J connectivity index is 1.51. The number of hydrogen-bond acceptors (Lipinski definition) is 8. The first-order valence-corrected chi connectivity index (χ1v) is 9.63. The van der Waals surface area contributed by atoms with E-state index in [1.807, 2.05) is 0 Å². The highest BCUT2D eigenvalue weighted by molar-refractivity contribution is 7.10. The van der Waals surface area contributed by atoms with E-state index in [2.05, 4.69) is 19.8 Å². The van der Waals surface area contributed by atoms with Crippen LogP contribution >= 0.6 is 11.5 Å². The first kappa shape index (κ1) is 18.1. The summed E-state index contributed by atoms with van der Waals surface area (Å²) in [5, 5.41) is 6.52. The monoisotopic (exact) mass is 368 g/mol. The van der Waals surface area contributed by atoms with E-state index in [1.165, 1.54) is 19.3 Å². The van der Waals surface area contributed by atoms with Crippen LogP contribution in [0.3, 0.4) is 0 Å². The van der Waals surface area contributed by atoms with Crippen LogP contribution in [0.15, 0.2) is 0 Å². The molecule has 2 atom stereocenters. The molecule has 0 unspecified atom stereocenters. The Labute approximate surface area is 151 Å². The minimum atomic E-state index is -0.600. The fourth-order valence-electron chi connectivity index (χ4n) is 3.69. The number of nitrogens with one attached hydrogen (secondary N) is 1. The Morgan fingerprint density at radius 1 is 1.24 bits per heavy atom. The van der Waals surface area contributed by atoms with Gasteiger partial charge < -0.3 is 9.47 Å². The summed E-state index contributed by atoms with van der Waals surface area (Å²) in [5.74, 6) is -0.222. The number of esters is 1. The lowest BCUT2D eigenvalue weighted by atomic mass is 9.84. The van der Waals surface area contributed by atoms with Gasteiger partial charge in [0.2, 0.25) is 5.69 Å². The van der Waals surface area contributed by atoms with Gasteiger partial charge >= 0.3 is 12.1 Å². The van der Waals surface area contributed by atoms with Crippen molar-refractivity contribution in [1.29, 1.82) is 0 Å². The van der Waals surface area contributed by atoms with Crippen LogP contribution in [0.4, 0.5) is 9.80 Å². The van der Waals surface area contributed by atoms with Gasteiger partial charge in [0, 0.05) is 23.5 Å². The number of nitrogens with zero attached hydrogens (tertiary/aromatic N) is 3. The molecule has 1 N–H and O–H groups in total. The number of carbonyl (C=O) groups excluding carboxylic acids is 2. The van der Waals surface area contributed by atoms with Gasteiger partial charge in [0.25, 0.3) is 0 Å². The van der Waals surface area contributed by atoms with Crippen LogP contribution < -0.4 is 5.32 Å². The zero-order chi connectivity index (χ0) is 17.6. The van der Waals surface area contributed by atoms with E-state index >= 15 is 0 Å². The molecule has 3 rings (SSSR count). The van der Waals surface area contributed by atoms with E-state index in [-0.39, 0.29) is 17.3 Å². The van der Waals surface area contributed by atoms with Gasteiger partial charge in [-0.15, -0.1) is 5.10 Å². The highest BCUT2D eigenvalue weighted by Crippen LogP contribution is 2.31. The lowest BCUT2D eigenvalue weighted by Crippen LogP contribution is -2.49. The Kier molecular flexibility index (Phi) is 6.19. The van der Waals surface area contributed by atoms with Crippen LogP contribution in [0.2, 0.25) is 0 Å². The molecule has 0 aromatic carbocycles. The maximum absolute atomic E-state index is 12.1. The van der Waals surface area contributed by atoms with Crippen LogP contribution in [0, 0.1) is 5.92 Å². The Hall–Kier alpha value is -1.74. The highest BCUT2D eigenvalue weighted by atomic mass is 32.1. The predicted octanol–water partition coefficient (Wildman–Crippen LogP) is 2.53.